The lowest BCUT2D eigenvalue weighted by molar-refractivity contribution is -0.0900. The normalized spacial score (nSPS) is 12.9. The topological polar surface area (TPSA) is 30.2 Å². The lowest BCUT2D eigenvalue weighted by Gasteiger charge is -2.14. The average Bonchev–Trinajstić information content (AvgIpc) is 2.47. The summed E-state index contributed by atoms with van der Waals surface area (Å²) >= 11 is 0. The summed E-state index contributed by atoms with van der Waals surface area (Å²) in [5, 5.41) is 0. The lowest BCUT2D eigenvalue weighted by Crippen LogP contribution is -2.22. The third kappa shape index (κ3) is 2.61. The van der Waals surface area contributed by atoms with E-state index in [-0.39, 0.29) is 0 Å². The van der Waals surface area contributed by atoms with Gasteiger partial charge in [0.2, 0.25) is 0 Å². The molecular weight excluding hydrogens is 209 g/mol. The first-order chi connectivity index (χ1) is 6.62. The molecule has 0 spiro atoms. The molecule has 0 aliphatic rings. The Morgan fingerprint density at radius 2 is 1.73 bits per heavy atom. The van der Waals surface area contributed by atoms with Crippen LogP contribution < -0.4 is 0 Å². The first-order valence-corrected chi connectivity index (χ1v) is 4.34. The summed E-state index contributed by atoms with van der Waals surface area (Å²) in [5.74, 6) is -2.25. The minimum Gasteiger partial charge on any atom is -0.457 e. The summed E-state index contributed by atoms with van der Waals surface area (Å²) in [6.45, 7) is 5.36. The number of alkyl halides is 3. The Bertz CT molecular complexity index is 369. The molecule has 0 fully saturated rings. The monoisotopic (exact) mass is 220 g/mol. The predicted molar refractivity (Wildman–Crippen MR) is 47.8 cm³/mol. The van der Waals surface area contributed by atoms with Gasteiger partial charge in [0.1, 0.15) is 5.76 Å². The molecule has 1 aromatic heterocycles. The number of carbonyl (C=O) groups is 1. The number of rotatable bonds is 1. The van der Waals surface area contributed by atoms with Crippen LogP contribution in [0.5, 0.6) is 0 Å². The first-order valence-electron chi connectivity index (χ1n) is 4.34. The molecular formula is C10H11F3O2. The van der Waals surface area contributed by atoms with Crippen LogP contribution in [0.25, 0.3) is 0 Å². The number of hydrogen-bond donors (Lipinski definition) is 0. The molecule has 0 bridgehead atoms. The molecule has 0 N–H and O–H groups in total. The highest BCUT2D eigenvalue weighted by atomic mass is 19.4. The minimum absolute atomic E-state index is 0.357. The van der Waals surface area contributed by atoms with E-state index < -0.39 is 23.1 Å². The van der Waals surface area contributed by atoms with Crippen molar-refractivity contribution in [2.24, 2.45) is 0 Å². The van der Waals surface area contributed by atoms with Gasteiger partial charge in [-0.15, -0.1) is 0 Å². The molecule has 0 radical (unpaired) electrons. The molecule has 0 unspecified atom stereocenters. The summed E-state index contributed by atoms with van der Waals surface area (Å²) in [4.78, 5) is 10.8. The van der Waals surface area contributed by atoms with Crippen molar-refractivity contribution in [3.8, 4) is 0 Å². The second kappa shape index (κ2) is 3.40. The highest BCUT2D eigenvalue weighted by Gasteiger charge is 2.41. The van der Waals surface area contributed by atoms with Crippen LogP contribution in [0.1, 0.15) is 37.1 Å². The van der Waals surface area contributed by atoms with E-state index >= 15 is 0 Å². The van der Waals surface area contributed by atoms with Crippen molar-refractivity contribution in [3.05, 3.63) is 23.7 Å². The maximum absolute atomic E-state index is 12.0. The lowest BCUT2D eigenvalue weighted by atomic mass is 9.94. The maximum atomic E-state index is 12.0. The highest BCUT2D eigenvalue weighted by Crippen LogP contribution is 2.27. The number of carbonyl (C=O) groups excluding carboxylic acids is 1. The Morgan fingerprint density at radius 3 is 2.07 bits per heavy atom. The third-order valence-electron chi connectivity index (χ3n) is 1.83. The molecule has 0 aromatic carbocycles. The van der Waals surface area contributed by atoms with Gasteiger partial charge in [0, 0.05) is 5.41 Å². The van der Waals surface area contributed by atoms with Crippen LogP contribution in [0, 0.1) is 0 Å². The molecule has 0 saturated carbocycles. The molecule has 2 nitrogen and oxygen atoms in total. The van der Waals surface area contributed by atoms with Crippen molar-refractivity contribution in [1.29, 1.82) is 0 Å². The number of ketones is 1. The van der Waals surface area contributed by atoms with Gasteiger partial charge in [-0.05, 0) is 12.1 Å². The summed E-state index contributed by atoms with van der Waals surface area (Å²) in [7, 11) is 0. The van der Waals surface area contributed by atoms with E-state index in [1.807, 2.05) is 0 Å². The quantitative estimate of drug-likeness (QED) is 0.679. The van der Waals surface area contributed by atoms with E-state index in [9.17, 15) is 18.0 Å². The highest BCUT2D eigenvalue weighted by molar-refractivity contribution is 5.97. The van der Waals surface area contributed by atoms with Crippen molar-refractivity contribution in [3.63, 3.8) is 0 Å². The van der Waals surface area contributed by atoms with Crippen LogP contribution in [0.4, 0.5) is 13.2 Å². The summed E-state index contributed by atoms with van der Waals surface area (Å²) < 4.78 is 41.0. The smallest absolute Gasteiger partial charge is 0.457 e. The Balaban J connectivity index is 3.01. The van der Waals surface area contributed by atoms with Crippen LogP contribution in [0.2, 0.25) is 0 Å². The van der Waals surface area contributed by atoms with Crippen LogP contribution in [0.15, 0.2) is 16.5 Å². The van der Waals surface area contributed by atoms with Gasteiger partial charge in [0.15, 0.2) is 5.76 Å². The van der Waals surface area contributed by atoms with E-state index in [0.29, 0.717) is 5.76 Å². The standard InChI is InChI=1S/C10H11F3O2/c1-9(2,3)7-5-4-6(15-7)8(14)10(11,12)13/h4-5H,1-3H3. The zero-order chi connectivity index (χ0) is 11.9. The molecule has 0 saturated heterocycles. The predicted octanol–water partition coefficient (Wildman–Crippen LogP) is 3.32. The third-order valence-corrected chi connectivity index (χ3v) is 1.83. The van der Waals surface area contributed by atoms with Crippen LogP contribution in [-0.4, -0.2) is 12.0 Å². The summed E-state index contributed by atoms with van der Waals surface area (Å²) in [5.41, 5.74) is -0.413. The van der Waals surface area contributed by atoms with Gasteiger partial charge >= 0.3 is 12.0 Å². The Morgan fingerprint density at radius 1 is 1.20 bits per heavy atom. The molecule has 1 heterocycles. The van der Waals surface area contributed by atoms with Crippen molar-refractivity contribution >= 4 is 5.78 Å². The fourth-order valence-electron chi connectivity index (χ4n) is 1.00. The van der Waals surface area contributed by atoms with Crippen molar-refractivity contribution in [2.45, 2.75) is 32.4 Å². The van der Waals surface area contributed by atoms with Crippen molar-refractivity contribution < 1.29 is 22.4 Å². The molecule has 5 heteroatoms. The fourth-order valence-corrected chi connectivity index (χ4v) is 1.00. The Kier molecular flexibility index (Phi) is 2.67. The van der Waals surface area contributed by atoms with Crippen LogP contribution in [0.3, 0.4) is 0 Å². The number of Topliss-reactive ketones (excluding diaryl/α,β-unsaturated/α-hetero) is 1. The molecule has 84 valence electrons. The molecule has 0 amide bonds. The van der Waals surface area contributed by atoms with Gasteiger partial charge in [0.05, 0.1) is 0 Å². The van der Waals surface area contributed by atoms with Crippen molar-refractivity contribution in [2.75, 3.05) is 0 Å². The first kappa shape index (κ1) is 11.8. The maximum Gasteiger partial charge on any atom is 0.458 e. The SMILES string of the molecule is CC(C)(C)c1ccc(C(=O)C(F)(F)F)o1. The van der Waals surface area contributed by atoms with E-state index in [4.69, 9.17) is 4.42 Å². The second-order valence-electron chi connectivity index (χ2n) is 4.24. The second-order valence-corrected chi connectivity index (χ2v) is 4.24. The van der Waals surface area contributed by atoms with Crippen molar-refractivity contribution in [1.82, 2.24) is 0 Å². The van der Waals surface area contributed by atoms with Crippen LogP contribution >= 0.6 is 0 Å². The van der Waals surface area contributed by atoms with E-state index in [1.54, 1.807) is 20.8 Å². The molecule has 1 aromatic rings. The zero-order valence-corrected chi connectivity index (χ0v) is 8.61. The van der Waals surface area contributed by atoms with Gasteiger partial charge in [-0.1, -0.05) is 20.8 Å². The molecule has 1 rings (SSSR count). The number of furan rings is 1. The summed E-state index contributed by atoms with van der Waals surface area (Å²) in [6.07, 6.45) is -4.88. The van der Waals surface area contributed by atoms with Gasteiger partial charge < -0.3 is 4.42 Å². The fraction of sp³-hybridized carbons (Fsp3) is 0.500. The van der Waals surface area contributed by atoms with Gasteiger partial charge in [-0.25, -0.2) is 0 Å². The molecule has 0 aliphatic heterocycles. The largest absolute Gasteiger partial charge is 0.458 e. The van der Waals surface area contributed by atoms with Gasteiger partial charge in [-0.2, -0.15) is 13.2 Å². The number of halogens is 3. The Hall–Kier alpha value is -1.26. The summed E-state index contributed by atoms with van der Waals surface area (Å²) in [6, 6.07) is 2.44. The van der Waals surface area contributed by atoms with Gasteiger partial charge in [-0.3, -0.25) is 4.79 Å². The molecule has 0 atom stereocenters. The van der Waals surface area contributed by atoms with E-state index in [2.05, 4.69) is 0 Å². The number of hydrogen-bond acceptors (Lipinski definition) is 2. The Labute approximate surface area is 85.1 Å². The van der Waals surface area contributed by atoms with Gasteiger partial charge in [0.25, 0.3) is 0 Å². The minimum atomic E-state index is -4.88. The average molecular weight is 220 g/mol. The molecule has 15 heavy (non-hydrogen) atoms. The van der Waals surface area contributed by atoms with E-state index in [1.165, 1.54) is 6.07 Å². The molecule has 0 aliphatic carbocycles. The van der Waals surface area contributed by atoms with Crippen LogP contribution in [-0.2, 0) is 5.41 Å². The van der Waals surface area contributed by atoms with E-state index in [0.717, 1.165) is 6.07 Å². The zero-order valence-electron chi connectivity index (χ0n) is 8.61.